The Balaban J connectivity index is 3.14. The highest BCUT2D eigenvalue weighted by atomic mass is 19.4. The van der Waals surface area contributed by atoms with Crippen LogP contribution in [0.15, 0.2) is 6.20 Å². The maximum atomic E-state index is 12.0. The van der Waals surface area contributed by atoms with Gasteiger partial charge in [-0.3, -0.25) is 0 Å². The van der Waals surface area contributed by atoms with Gasteiger partial charge in [0.15, 0.2) is 5.69 Å². The quantitative estimate of drug-likeness (QED) is 0.683. The van der Waals surface area contributed by atoms with Crippen molar-refractivity contribution in [1.29, 1.82) is 0 Å². The van der Waals surface area contributed by atoms with E-state index in [2.05, 4.69) is 9.97 Å². The molecule has 4 nitrogen and oxygen atoms in total. The molecule has 0 fully saturated rings. The van der Waals surface area contributed by atoms with Gasteiger partial charge < -0.3 is 10.8 Å². The average molecular weight is 193 g/mol. The second-order valence-electron chi connectivity index (χ2n) is 2.24. The second kappa shape index (κ2) is 3.17. The fraction of sp³-hybridized carbons (Fsp3) is 0.333. The maximum Gasteiger partial charge on any atom is 0.434 e. The predicted molar refractivity (Wildman–Crippen MR) is 37.4 cm³/mol. The normalized spacial score (nSPS) is 11.7. The van der Waals surface area contributed by atoms with Gasteiger partial charge in [0.25, 0.3) is 0 Å². The van der Waals surface area contributed by atoms with Crippen molar-refractivity contribution in [2.75, 3.05) is 5.73 Å². The van der Waals surface area contributed by atoms with Gasteiger partial charge in [0.05, 0.1) is 12.8 Å². The molecule has 1 rings (SSSR count). The van der Waals surface area contributed by atoms with E-state index in [1.54, 1.807) is 0 Å². The van der Waals surface area contributed by atoms with Crippen LogP contribution in [-0.2, 0) is 12.8 Å². The summed E-state index contributed by atoms with van der Waals surface area (Å²) < 4.78 is 36.0. The minimum absolute atomic E-state index is 0.199. The molecule has 1 aromatic heterocycles. The van der Waals surface area contributed by atoms with Crippen molar-refractivity contribution in [2.45, 2.75) is 12.8 Å². The third kappa shape index (κ3) is 2.05. The number of anilines is 1. The highest BCUT2D eigenvalue weighted by Gasteiger charge is 2.33. The van der Waals surface area contributed by atoms with Gasteiger partial charge in [0.2, 0.25) is 0 Å². The Kier molecular flexibility index (Phi) is 2.37. The highest BCUT2D eigenvalue weighted by Crippen LogP contribution is 2.27. The first-order chi connectivity index (χ1) is 5.95. The molecule has 13 heavy (non-hydrogen) atoms. The van der Waals surface area contributed by atoms with Crippen LogP contribution in [0.5, 0.6) is 0 Å². The third-order valence-corrected chi connectivity index (χ3v) is 1.32. The monoisotopic (exact) mass is 193 g/mol. The Bertz CT molecular complexity index is 312. The van der Waals surface area contributed by atoms with Gasteiger partial charge in [0, 0.05) is 0 Å². The number of alkyl halides is 3. The molecule has 0 saturated heterocycles. The van der Waals surface area contributed by atoms with Gasteiger partial charge in [-0.1, -0.05) is 0 Å². The summed E-state index contributed by atoms with van der Waals surface area (Å²) >= 11 is 0. The highest BCUT2D eigenvalue weighted by molar-refractivity contribution is 5.33. The van der Waals surface area contributed by atoms with Crippen LogP contribution in [0.3, 0.4) is 0 Å². The number of nitrogens with two attached hydrogens (primary N) is 1. The van der Waals surface area contributed by atoms with Crippen LogP contribution in [0.25, 0.3) is 0 Å². The zero-order chi connectivity index (χ0) is 10.1. The summed E-state index contributed by atoms with van der Waals surface area (Å²) in [6.07, 6.45) is -4.04. The van der Waals surface area contributed by atoms with Crippen molar-refractivity contribution in [3.8, 4) is 0 Å². The largest absolute Gasteiger partial charge is 0.434 e. The van der Waals surface area contributed by atoms with Crippen LogP contribution in [0, 0.1) is 0 Å². The average Bonchev–Trinajstić information content (AvgIpc) is 2.03. The fourth-order valence-electron chi connectivity index (χ4n) is 0.690. The molecule has 0 spiro atoms. The lowest BCUT2D eigenvalue weighted by Gasteiger charge is -2.07. The summed E-state index contributed by atoms with van der Waals surface area (Å²) in [5.74, 6) is -0.199. The first-order valence-corrected chi connectivity index (χ1v) is 3.24. The molecule has 0 aromatic carbocycles. The Morgan fingerprint density at radius 3 is 2.54 bits per heavy atom. The maximum absolute atomic E-state index is 12.0. The van der Waals surface area contributed by atoms with E-state index in [4.69, 9.17) is 10.8 Å². The Hall–Kier alpha value is -1.37. The first kappa shape index (κ1) is 9.72. The number of aromatic nitrogens is 2. The predicted octanol–water partition coefficient (Wildman–Crippen LogP) is 0.570. The topological polar surface area (TPSA) is 72.0 Å². The lowest BCUT2D eigenvalue weighted by molar-refractivity contribution is -0.141. The van der Waals surface area contributed by atoms with Crippen molar-refractivity contribution in [3.63, 3.8) is 0 Å². The Labute approximate surface area is 71.2 Å². The van der Waals surface area contributed by atoms with Crippen LogP contribution in [0.4, 0.5) is 19.0 Å². The molecule has 0 unspecified atom stereocenters. The zero-order valence-corrected chi connectivity index (χ0v) is 6.34. The molecule has 0 aliphatic rings. The summed E-state index contributed by atoms with van der Waals surface area (Å²) in [5, 5.41) is 8.56. The smallest absolute Gasteiger partial charge is 0.390 e. The van der Waals surface area contributed by atoms with E-state index < -0.39 is 18.5 Å². The van der Waals surface area contributed by atoms with Gasteiger partial charge in [-0.05, 0) is 0 Å². The number of hydrogen-bond donors (Lipinski definition) is 2. The van der Waals surface area contributed by atoms with E-state index in [9.17, 15) is 13.2 Å². The number of nitrogens with zero attached hydrogens (tertiary/aromatic N) is 2. The van der Waals surface area contributed by atoms with Gasteiger partial charge >= 0.3 is 6.18 Å². The van der Waals surface area contributed by atoms with Crippen molar-refractivity contribution < 1.29 is 18.3 Å². The van der Waals surface area contributed by atoms with Crippen LogP contribution in [0.2, 0.25) is 0 Å². The van der Waals surface area contributed by atoms with Crippen LogP contribution < -0.4 is 5.73 Å². The number of nitrogen functional groups attached to an aromatic ring is 1. The molecule has 3 N–H and O–H groups in total. The van der Waals surface area contributed by atoms with E-state index in [1.165, 1.54) is 0 Å². The van der Waals surface area contributed by atoms with E-state index in [-0.39, 0.29) is 11.5 Å². The lowest BCUT2D eigenvalue weighted by atomic mass is 10.4. The molecule has 0 saturated carbocycles. The number of rotatable bonds is 1. The number of hydrogen-bond acceptors (Lipinski definition) is 4. The van der Waals surface area contributed by atoms with Crippen LogP contribution in [-0.4, -0.2) is 15.1 Å². The molecular weight excluding hydrogens is 187 g/mol. The number of halogens is 3. The van der Waals surface area contributed by atoms with Crippen molar-refractivity contribution in [2.24, 2.45) is 0 Å². The molecule has 1 heterocycles. The van der Waals surface area contributed by atoms with Gasteiger partial charge in [-0.2, -0.15) is 13.2 Å². The minimum Gasteiger partial charge on any atom is -0.390 e. The molecule has 0 atom stereocenters. The van der Waals surface area contributed by atoms with E-state index >= 15 is 0 Å². The van der Waals surface area contributed by atoms with Crippen molar-refractivity contribution in [3.05, 3.63) is 17.6 Å². The summed E-state index contributed by atoms with van der Waals surface area (Å²) in [4.78, 5) is 6.35. The van der Waals surface area contributed by atoms with E-state index in [0.717, 1.165) is 0 Å². The van der Waals surface area contributed by atoms with Crippen molar-refractivity contribution in [1.82, 2.24) is 9.97 Å². The minimum atomic E-state index is -4.56. The fourth-order valence-corrected chi connectivity index (χ4v) is 0.690. The van der Waals surface area contributed by atoms with Gasteiger partial charge in [-0.25, -0.2) is 9.97 Å². The zero-order valence-electron chi connectivity index (χ0n) is 6.34. The van der Waals surface area contributed by atoms with Crippen molar-refractivity contribution >= 4 is 5.82 Å². The second-order valence-corrected chi connectivity index (χ2v) is 2.24. The summed E-state index contributed by atoms with van der Waals surface area (Å²) in [7, 11) is 0. The number of aliphatic hydroxyl groups is 1. The molecule has 7 heteroatoms. The molecule has 0 amide bonds. The summed E-state index contributed by atoms with van der Waals surface area (Å²) in [5.41, 5.74) is 3.71. The molecule has 1 aromatic rings. The van der Waals surface area contributed by atoms with Gasteiger partial charge in [0.1, 0.15) is 11.5 Å². The molecule has 0 bridgehead atoms. The standard InChI is InChI=1S/C6H6F3N3O/c7-6(8,9)4-1-11-5(10)3(2-13)12-4/h1,13H,2H2,(H2,10,11). The summed E-state index contributed by atoms with van der Waals surface area (Å²) in [6.45, 7) is -0.664. The Morgan fingerprint density at radius 1 is 1.46 bits per heavy atom. The molecule has 72 valence electrons. The van der Waals surface area contributed by atoms with E-state index in [0.29, 0.717) is 6.20 Å². The summed E-state index contributed by atoms with van der Waals surface area (Å²) in [6, 6.07) is 0. The van der Waals surface area contributed by atoms with Crippen LogP contribution in [0.1, 0.15) is 11.4 Å². The van der Waals surface area contributed by atoms with E-state index in [1.807, 2.05) is 0 Å². The third-order valence-electron chi connectivity index (χ3n) is 1.32. The first-order valence-electron chi connectivity index (χ1n) is 3.24. The van der Waals surface area contributed by atoms with Crippen LogP contribution >= 0.6 is 0 Å². The molecule has 0 aliphatic carbocycles. The molecular formula is C6H6F3N3O. The lowest BCUT2D eigenvalue weighted by Crippen LogP contribution is -2.12. The number of aliphatic hydroxyl groups excluding tert-OH is 1. The van der Waals surface area contributed by atoms with Gasteiger partial charge in [-0.15, -0.1) is 0 Å². The molecule has 0 radical (unpaired) electrons. The molecule has 0 aliphatic heterocycles. The Morgan fingerprint density at radius 2 is 2.08 bits per heavy atom. The SMILES string of the molecule is Nc1ncc(C(F)(F)F)nc1CO.